The van der Waals surface area contributed by atoms with Crippen molar-refractivity contribution in [1.82, 2.24) is 25.4 Å². The molecule has 138 valence electrons. The van der Waals surface area contributed by atoms with E-state index in [1.165, 1.54) is 10.9 Å². The summed E-state index contributed by atoms with van der Waals surface area (Å²) >= 11 is 0. The number of para-hydroxylation sites is 1. The van der Waals surface area contributed by atoms with Crippen molar-refractivity contribution in [3.63, 3.8) is 0 Å². The molecule has 1 aliphatic rings. The number of hydrogen-bond acceptors (Lipinski definition) is 5. The molecule has 26 heavy (non-hydrogen) atoms. The second kappa shape index (κ2) is 7.21. The van der Waals surface area contributed by atoms with Crippen molar-refractivity contribution in [2.24, 2.45) is 0 Å². The number of hydrogen-bond donors (Lipinski definition) is 2. The summed E-state index contributed by atoms with van der Waals surface area (Å²) in [7, 11) is 0. The molecular weight excluding hydrogens is 326 g/mol. The minimum absolute atomic E-state index is 0.159. The van der Waals surface area contributed by atoms with Crippen LogP contribution in [0.2, 0.25) is 0 Å². The van der Waals surface area contributed by atoms with Crippen molar-refractivity contribution in [2.45, 2.75) is 58.7 Å². The van der Waals surface area contributed by atoms with Gasteiger partial charge < -0.3 is 4.42 Å². The van der Waals surface area contributed by atoms with Crippen LogP contribution in [0.5, 0.6) is 0 Å². The van der Waals surface area contributed by atoms with Crippen LogP contribution in [0, 0.1) is 6.92 Å². The highest BCUT2D eigenvalue weighted by atomic mass is 16.3. The van der Waals surface area contributed by atoms with Crippen LogP contribution < -0.4 is 10.6 Å². The third kappa shape index (κ3) is 3.27. The Balaban J connectivity index is 1.33. The maximum Gasteiger partial charge on any atom is 0.150 e. The first-order chi connectivity index (χ1) is 12.7. The first-order valence-electron chi connectivity index (χ1n) is 9.53. The third-order valence-electron chi connectivity index (χ3n) is 5.29. The highest BCUT2D eigenvalue weighted by molar-refractivity contribution is 5.82. The number of nitrogens with zero attached hydrogens (tertiary/aromatic N) is 3. The summed E-state index contributed by atoms with van der Waals surface area (Å²) in [6.07, 6.45) is 2.98. The molecule has 6 heteroatoms. The Bertz CT molecular complexity index is 897. The Morgan fingerprint density at radius 2 is 2.19 bits per heavy atom. The number of aryl methyl sites for hydroxylation is 3. The van der Waals surface area contributed by atoms with Crippen molar-refractivity contribution >= 4 is 11.0 Å². The lowest BCUT2D eigenvalue weighted by atomic mass is 10.1. The lowest BCUT2D eigenvalue weighted by Gasteiger charge is -2.24. The summed E-state index contributed by atoms with van der Waals surface area (Å²) in [6.45, 7) is 8.01. The van der Waals surface area contributed by atoms with Crippen molar-refractivity contribution in [3.05, 3.63) is 47.2 Å². The Kier molecular flexibility index (Phi) is 4.78. The number of rotatable bonds is 6. The molecule has 0 saturated carbocycles. The molecule has 0 spiro atoms. The molecule has 3 heterocycles. The highest BCUT2D eigenvalue weighted by Crippen LogP contribution is 2.28. The summed E-state index contributed by atoms with van der Waals surface area (Å²) in [4.78, 5) is 4.58. The highest BCUT2D eigenvalue weighted by Gasteiger charge is 2.21. The van der Waals surface area contributed by atoms with Gasteiger partial charge in [-0.15, -0.1) is 0 Å². The molecule has 2 aromatic heterocycles. The van der Waals surface area contributed by atoms with E-state index >= 15 is 0 Å². The van der Waals surface area contributed by atoms with Gasteiger partial charge in [-0.05, 0) is 31.9 Å². The molecule has 0 aliphatic carbocycles. The first-order valence-corrected chi connectivity index (χ1v) is 9.53. The van der Waals surface area contributed by atoms with E-state index in [2.05, 4.69) is 58.3 Å². The van der Waals surface area contributed by atoms with E-state index in [1.807, 2.05) is 12.1 Å². The lowest BCUT2D eigenvalue weighted by Crippen LogP contribution is -2.43. The molecule has 0 saturated heterocycles. The molecule has 6 nitrogen and oxygen atoms in total. The third-order valence-corrected chi connectivity index (χ3v) is 5.29. The van der Waals surface area contributed by atoms with Crippen LogP contribution in [0.1, 0.15) is 49.3 Å². The van der Waals surface area contributed by atoms with Crippen molar-refractivity contribution in [2.75, 3.05) is 6.67 Å². The zero-order valence-electron chi connectivity index (χ0n) is 15.7. The largest absolute Gasteiger partial charge is 0.459 e. The van der Waals surface area contributed by atoms with Gasteiger partial charge in [-0.2, -0.15) is 5.10 Å². The fraction of sp³-hybridized carbons (Fsp3) is 0.500. The zero-order valence-corrected chi connectivity index (χ0v) is 15.7. The normalized spacial score (nSPS) is 18.2. The predicted octanol–water partition coefficient (Wildman–Crippen LogP) is 3.11. The second-order valence-corrected chi connectivity index (χ2v) is 7.11. The molecule has 0 bridgehead atoms. The minimum Gasteiger partial charge on any atom is -0.459 e. The Morgan fingerprint density at radius 3 is 3.00 bits per heavy atom. The predicted molar refractivity (Wildman–Crippen MR) is 102 cm³/mol. The van der Waals surface area contributed by atoms with Gasteiger partial charge in [0.15, 0.2) is 5.82 Å². The Morgan fingerprint density at radius 1 is 1.35 bits per heavy atom. The molecular formula is C20H27N5O. The zero-order chi connectivity index (χ0) is 18.1. The van der Waals surface area contributed by atoms with Crippen molar-refractivity contribution < 1.29 is 4.42 Å². The summed E-state index contributed by atoms with van der Waals surface area (Å²) < 4.78 is 8.11. The molecule has 1 aromatic carbocycles. The van der Waals surface area contributed by atoms with Gasteiger partial charge in [-0.1, -0.05) is 25.1 Å². The van der Waals surface area contributed by atoms with Gasteiger partial charge in [-0.25, -0.2) is 9.67 Å². The number of furan rings is 1. The van der Waals surface area contributed by atoms with Crippen LogP contribution in [0.3, 0.4) is 0 Å². The summed E-state index contributed by atoms with van der Waals surface area (Å²) in [5.74, 6) is 3.09. The van der Waals surface area contributed by atoms with E-state index in [0.29, 0.717) is 6.04 Å². The molecule has 0 radical (unpaired) electrons. The fourth-order valence-electron chi connectivity index (χ4n) is 3.73. The van der Waals surface area contributed by atoms with Crippen LogP contribution in [0.25, 0.3) is 11.0 Å². The molecule has 2 N–H and O–H groups in total. The minimum atomic E-state index is 0.159. The molecule has 1 aliphatic heterocycles. The van der Waals surface area contributed by atoms with Gasteiger partial charge in [0.1, 0.15) is 17.2 Å². The fourth-order valence-corrected chi connectivity index (χ4v) is 3.73. The standard InChI is InChI=1S/C20H27N5O/c1-4-18-23-19-10-9-15(11-25(19)24-18)22-12-21-14(3)20-13(2)16-7-5-6-8-17(16)26-20/h5-8,14-15,21-22H,4,9-12H2,1-3H3. The van der Waals surface area contributed by atoms with Crippen LogP contribution in [-0.4, -0.2) is 27.5 Å². The monoisotopic (exact) mass is 353 g/mol. The lowest BCUT2D eigenvalue weighted by molar-refractivity contribution is 0.336. The van der Waals surface area contributed by atoms with E-state index in [1.54, 1.807) is 0 Å². The molecule has 3 aromatic rings. The Labute approximate surface area is 154 Å². The number of aromatic nitrogens is 3. The van der Waals surface area contributed by atoms with Crippen LogP contribution >= 0.6 is 0 Å². The van der Waals surface area contributed by atoms with E-state index in [4.69, 9.17) is 4.42 Å². The quantitative estimate of drug-likeness (QED) is 0.667. The summed E-state index contributed by atoms with van der Waals surface area (Å²) in [6, 6.07) is 8.79. The van der Waals surface area contributed by atoms with E-state index in [9.17, 15) is 0 Å². The maximum absolute atomic E-state index is 6.05. The molecule has 2 atom stereocenters. The van der Waals surface area contributed by atoms with Crippen LogP contribution in [-0.2, 0) is 19.4 Å². The van der Waals surface area contributed by atoms with Gasteiger partial charge in [-0.3, -0.25) is 10.6 Å². The molecule has 2 unspecified atom stereocenters. The van der Waals surface area contributed by atoms with Gasteiger partial charge >= 0.3 is 0 Å². The Hall–Kier alpha value is -2.18. The first kappa shape index (κ1) is 17.2. The van der Waals surface area contributed by atoms with Gasteiger partial charge in [0.05, 0.1) is 12.6 Å². The van der Waals surface area contributed by atoms with Gasteiger partial charge in [0.2, 0.25) is 0 Å². The summed E-state index contributed by atoms with van der Waals surface area (Å²) in [5, 5.41) is 12.9. The second-order valence-electron chi connectivity index (χ2n) is 7.11. The average Bonchev–Trinajstić information content (AvgIpc) is 3.22. The maximum atomic E-state index is 6.05. The molecule has 4 rings (SSSR count). The van der Waals surface area contributed by atoms with Crippen molar-refractivity contribution in [3.8, 4) is 0 Å². The van der Waals surface area contributed by atoms with Crippen LogP contribution in [0.15, 0.2) is 28.7 Å². The number of nitrogens with one attached hydrogen (secondary N) is 2. The smallest absolute Gasteiger partial charge is 0.150 e. The number of benzene rings is 1. The van der Waals surface area contributed by atoms with E-state index in [0.717, 1.165) is 55.5 Å². The van der Waals surface area contributed by atoms with Gasteiger partial charge in [0, 0.05) is 30.9 Å². The van der Waals surface area contributed by atoms with Crippen LogP contribution in [0.4, 0.5) is 0 Å². The number of fused-ring (bicyclic) bond motifs is 2. The van der Waals surface area contributed by atoms with Crippen molar-refractivity contribution in [1.29, 1.82) is 0 Å². The van der Waals surface area contributed by atoms with E-state index < -0.39 is 0 Å². The van der Waals surface area contributed by atoms with Gasteiger partial charge in [0.25, 0.3) is 0 Å². The average molecular weight is 353 g/mol. The topological polar surface area (TPSA) is 67.9 Å². The molecule has 0 fully saturated rings. The summed E-state index contributed by atoms with van der Waals surface area (Å²) in [5.41, 5.74) is 2.18. The molecule has 0 amide bonds. The SMILES string of the molecule is CCc1nc2n(n1)CC(NCNC(C)c1oc3ccccc3c1C)CC2. The van der Waals surface area contributed by atoms with E-state index in [-0.39, 0.29) is 6.04 Å².